The molecule has 98 valence electrons. The van der Waals surface area contributed by atoms with Crippen LogP contribution < -0.4 is 0 Å². The van der Waals surface area contributed by atoms with Crippen molar-refractivity contribution in [2.75, 3.05) is 0 Å². The Labute approximate surface area is 121 Å². The fraction of sp³-hybridized carbons (Fsp3) is 0.188. The number of carboxylic acids is 1. The monoisotopic (exact) mass is 318 g/mol. The van der Waals surface area contributed by atoms with Crippen molar-refractivity contribution in [2.24, 2.45) is 0 Å². The van der Waals surface area contributed by atoms with Crippen molar-refractivity contribution in [1.82, 2.24) is 0 Å². The fourth-order valence-corrected chi connectivity index (χ4v) is 2.29. The van der Waals surface area contributed by atoms with Gasteiger partial charge in [0, 0.05) is 4.83 Å². The maximum absolute atomic E-state index is 10.9. The minimum absolute atomic E-state index is 0.0490. The van der Waals surface area contributed by atoms with Gasteiger partial charge in [0.05, 0.1) is 6.42 Å². The SMILES string of the molecule is CC(Br)c1cc(CC(=O)O)cc(-c2ccccc2)c1. The van der Waals surface area contributed by atoms with Gasteiger partial charge in [0.15, 0.2) is 0 Å². The van der Waals surface area contributed by atoms with E-state index < -0.39 is 5.97 Å². The number of aliphatic carboxylic acids is 1. The Morgan fingerprint density at radius 1 is 1.16 bits per heavy atom. The van der Waals surface area contributed by atoms with Crippen molar-refractivity contribution >= 4 is 21.9 Å². The molecule has 0 saturated heterocycles. The van der Waals surface area contributed by atoms with Crippen molar-refractivity contribution in [2.45, 2.75) is 18.2 Å². The second-order valence-corrected chi connectivity index (χ2v) is 5.89. The summed E-state index contributed by atoms with van der Waals surface area (Å²) in [5.74, 6) is -0.807. The van der Waals surface area contributed by atoms with Gasteiger partial charge in [0.25, 0.3) is 0 Å². The third-order valence-corrected chi connectivity index (χ3v) is 3.47. The van der Waals surface area contributed by atoms with Crippen molar-refractivity contribution < 1.29 is 9.90 Å². The molecular weight excluding hydrogens is 304 g/mol. The summed E-state index contributed by atoms with van der Waals surface area (Å²) >= 11 is 3.54. The number of rotatable bonds is 4. The lowest BCUT2D eigenvalue weighted by atomic mass is 9.97. The highest BCUT2D eigenvalue weighted by atomic mass is 79.9. The molecule has 0 heterocycles. The molecule has 2 aromatic carbocycles. The van der Waals surface area contributed by atoms with Gasteiger partial charge < -0.3 is 5.11 Å². The predicted octanol–water partition coefficient (Wildman–Crippen LogP) is 4.44. The Morgan fingerprint density at radius 3 is 2.42 bits per heavy atom. The van der Waals surface area contributed by atoms with E-state index in [9.17, 15) is 4.79 Å². The molecule has 1 atom stereocenters. The van der Waals surface area contributed by atoms with E-state index >= 15 is 0 Å². The first-order valence-corrected chi connectivity index (χ1v) is 7.03. The second kappa shape index (κ2) is 6.02. The average Bonchev–Trinajstić information content (AvgIpc) is 2.38. The quantitative estimate of drug-likeness (QED) is 0.846. The number of benzene rings is 2. The molecule has 19 heavy (non-hydrogen) atoms. The Hall–Kier alpha value is -1.61. The summed E-state index contributed by atoms with van der Waals surface area (Å²) in [6.07, 6.45) is 0.0490. The molecule has 0 aliphatic rings. The van der Waals surface area contributed by atoms with E-state index in [1.54, 1.807) is 0 Å². The zero-order valence-corrected chi connectivity index (χ0v) is 12.2. The first-order valence-electron chi connectivity index (χ1n) is 6.11. The van der Waals surface area contributed by atoms with Gasteiger partial charge in [-0.3, -0.25) is 4.79 Å². The van der Waals surface area contributed by atoms with Crippen LogP contribution in [0.1, 0.15) is 22.9 Å². The average molecular weight is 319 g/mol. The minimum atomic E-state index is -0.807. The minimum Gasteiger partial charge on any atom is -0.481 e. The summed E-state index contributed by atoms with van der Waals surface area (Å²) in [6, 6.07) is 16.0. The standard InChI is InChI=1S/C16H15BrO2/c1-11(17)14-7-12(9-16(18)19)8-15(10-14)13-5-3-2-4-6-13/h2-8,10-11H,9H2,1H3,(H,18,19). The predicted molar refractivity (Wildman–Crippen MR) is 80.6 cm³/mol. The zero-order chi connectivity index (χ0) is 13.8. The summed E-state index contributed by atoms with van der Waals surface area (Å²) in [5.41, 5.74) is 4.08. The third kappa shape index (κ3) is 3.67. The van der Waals surface area contributed by atoms with E-state index in [-0.39, 0.29) is 11.2 Å². The third-order valence-electron chi connectivity index (χ3n) is 2.94. The molecule has 1 N–H and O–H groups in total. The van der Waals surface area contributed by atoms with Crippen LogP contribution in [0, 0.1) is 0 Å². The van der Waals surface area contributed by atoms with Crippen molar-refractivity contribution in [3.8, 4) is 11.1 Å². The first kappa shape index (κ1) is 13.8. The first-order chi connectivity index (χ1) is 9.06. The Balaban J connectivity index is 2.48. The summed E-state index contributed by atoms with van der Waals surface area (Å²) in [4.78, 5) is 11.1. The van der Waals surface area contributed by atoms with Gasteiger partial charge in [-0.2, -0.15) is 0 Å². The topological polar surface area (TPSA) is 37.3 Å². The van der Waals surface area contributed by atoms with Crippen molar-refractivity contribution in [3.05, 3.63) is 59.7 Å². The maximum atomic E-state index is 10.9. The van der Waals surface area contributed by atoms with Crippen LogP contribution in [-0.2, 0) is 11.2 Å². The summed E-state index contributed by atoms with van der Waals surface area (Å²) in [5, 5.41) is 8.95. The molecule has 0 amide bonds. The van der Waals surface area contributed by atoms with Crippen LogP contribution in [0.3, 0.4) is 0 Å². The number of alkyl halides is 1. The summed E-state index contributed by atoms with van der Waals surface area (Å²) in [6.45, 7) is 2.04. The smallest absolute Gasteiger partial charge is 0.307 e. The second-order valence-electron chi connectivity index (χ2n) is 4.52. The van der Waals surface area contributed by atoms with E-state index in [0.29, 0.717) is 0 Å². The fourth-order valence-electron chi connectivity index (χ4n) is 2.02. The number of hydrogen-bond acceptors (Lipinski definition) is 1. The van der Waals surface area contributed by atoms with Crippen LogP contribution in [0.15, 0.2) is 48.5 Å². The Kier molecular flexibility index (Phi) is 4.38. The van der Waals surface area contributed by atoms with E-state index in [1.165, 1.54) is 0 Å². The molecule has 2 nitrogen and oxygen atoms in total. The van der Waals surface area contributed by atoms with Gasteiger partial charge >= 0.3 is 5.97 Å². The largest absolute Gasteiger partial charge is 0.481 e. The zero-order valence-electron chi connectivity index (χ0n) is 10.6. The van der Waals surface area contributed by atoms with Crippen LogP contribution in [-0.4, -0.2) is 11.1 Å². The lowest BCUT2D eigenvalue weighted by molar-refractivity contribution is -0.136. The van der Waals surface area contributed by atoms with Crippen LogP contribution in [0.4, 0.5) is 0 Å². The van der Waals surface area contributed by atoms with Gasteiger partial charge in [0.1, 0.15) is 0 Å². The molecule has 0 aliphatic heterocycles. The van der Waals surface area contributed by atoms with Gasteiger partial charge in [-0.05, 0) is 29.2 Å². The van der Waals surface area contributed by atoms with E-state index in [2.05, 4.69) is 22.0 Å². The van der Waals surface area contributed by atoms with Gasteiger partial charge in [0.2, 0.25) is 0 Å². The molecule has 1 unspecified atom stereocenters. The number of carbonyl (C=O) groups is 1. The normalized spacial score (nSPS) is 12.1. The maximum Gasteiger partial charge on any atom is 0.307 e. The lowest BCUT2D eigenvalue weighted by Crippen LogP contribution is -2.01. The van der Waals surface area contributed by atoms with E-state index in [4.69, 9.17) is 5.11 Å². The van der Waals surface area contributed by atoms with Crippen molar-refractivity contribution in [1.29, 1.82) is 0 Å². The number of hydrogen-bond donors (Lipinski definition) is 1. The van der Waals surface area contributed by atoms with Crippen LogP contribution in [0.5, 0.6) is 0 Å². The molecule has 0 spiro atoms. The highest BCUT2D eigenvalue weighted by Crippen LogP contribution is 2.29. The lowest BCUT2D eigenvalue weighted by Gasteiger charge is -2.11. The molecule has 0 aromatic heterocycles. The summed E-state index contributed by atoms with van der Waals surface area (Å²) < 4.78 is 0. The molecule has 0 radical (unpaired) electrons. The van der Waals surface area contributed by atoms with E-state index in [1.807, 2.05) is 49.4 Å². The molecular formula is C16H15BrO2. The van der Waals surface area contributed by atoms with Crippen LogP contribution >= 0.6 is 15.9 Å². The molecule has 2 rings (SSSR count). The van der Waals surface area contributed by atoms with E-state index in [0.717, 1.165) is 22.3 Å². The van der Waals surface area contributed by atoms with Crippen molar-refractivity contribution in [3.63, 3.8) is 0 Å². The van der Waals surface area contributed by atoms with Crippen LogP contribution in [0.25, 0.3) is 11.1 Å². The van der Waals surface area contributed by atoms with Gasteiger partial charge in [-0.25, -0.2) is 0 Å². The molecule has 3 heteroatoms. The van der Waals surface area contributed by atoms with Gasteiger partial charge in [-0.1, -0.05) is 64.5 Å². The molecule has 0 aliphatic carbocycles. The Bertz CT molecular complexity index is 577. The highest BCUT2D eigenvalue weighted by molar-refractivity contribution is 9.09. The highest BCUT2D eigenvalue weighted by Gasteiger charge is 2.09. The van der Waals surface area contributed by atoms with Gasteiger partial charge in [-0.15, -0.1) is 0 Å². The molecule has 0 bridgehead atoms. The number of halogens is 1. The molecule has 0 fully saturated rings. The van der Waals surface area contributed by atoms with Crippen LogP contribution in [0.2, 0.25) is 0 Å². The summed E-state index contributed by atoms with van der Waals surface area (Å²) in [7, 11) is 0. The molecule has 0 saturated carbocycles. The molecule has 2 aromatic rings. The number of carboxylic acid groups (broad SMARTS) is 1. The Morgan fingerprint density at radius 2 is 1.84 bits per heavy atom.